The van der Waals surface area contributed by atoms with Gasteiger partial charge in [-0.05, 0) is 12.8 Å². The monoisotopic (exact) mass is 111 g/mol. The third-order valence-corrected chi connectivity index (χ3v) is 0.793. The summed E-state index contributed by atoms with van der Waals surface area (Å²) in [6, 6.07) is 1.71. The van der Waals surface area contributed by atoms with Crippen LogP contribution in [0, 0.1) is 11.3 Å². The Morgan fingerprint density at radius 3 is 2.88 bits per heavy atom. The van der Waals surface area contributed by atoms with Crippen LogP contribution >= 0.6 is 0 Å². The second-order valence-electron chi connectivity index (χ2n) is 1.51. The lowest BCUT2D eigenvalue weighted by Gasteiger charge is -1.93. The number of hydrogen-bond donors (Lipinski definition) is 1. The minimum absolute atomic E-state index is 0.500. The van der Waals surface area contributed by atoms with Crippen molar-refractivity contribution in [2.24, 2.45) is 0 Å². The maximum Gasteiger partial charge on any atom is 0.140 e. The zero-order chi connectivity index (χ0) is 6.41. The molecule has 0 aliphatic carbocycles. The Morgan fingerprint density at radius 1 is 1.88 bits per heavy atom. The van der Waals surface area contributed by atoms with E-state index >= 15 is 0 Å². The number of hydrogen-bond acceptors (Lipinski definition) is 2. The average molecular weight is 111 g/mol. The molecule has 1 atom stereocenters. The van der Waals surface area contributed by atoms with Crippen LogP contribution in [0.15, 0.2) is 12.7 Å². The molecule has 0 saturated carbocycles. The predicted molar refractivity (Wildman–Crippen MR) is 31.1 cm³/mol. The van der Waals surface area contributed by atoms with Crippen molar-refractivity contribution in [3.8, 4) is 6.07 Å². The van der Waals surface area contributed by atoms with Gasteiger partial charge in [0.15, 0.2) is 0 Å². The summed E-state index contributed by atoms with van der Waals surface area (Å²) in [6.07, 6.45) is 2.07. The first-order valence-corrected chi connectivity index (χ1v) is 2.50. The maximum absolute atomic E-state index is 8.58. The Kier molecular flexibility index (Phi) is 3.91. The molecule has 44 valence electrons. The van der Waals surface area contributed by atoms with Gasteiger partial charge in [-0.2, -0.15) is 5.26 Å². The molecule has 1 N–H and O–H groups in total. The second kappa shape index (κ2) is 4.35. The van der Waals surface area contributed by atoms with Gasteiger partial charge in [0.05, 0.1) is 6.07 Å². The van der Waals surface area contributed by atoms with Gasteiger partial charge < -0.3 is 5.11 Å². The lowest BCUT2D eigenvalue weighted by atomic mass is 10.2. The van der Waals surface area contributed by atoms with Gasteiger partial charge >= 0.3 is 0 Å². The number of nitriles is 1. The van der Waals surface area contributed by atoms with Crippen molar-refractivity contribution in [2.75, 3.05) is 0 Å². The summed E-state index contributed by atoms with van der Waals surface area (Å²) in [5, 5.41) is 16.6. The van der Waals surface area contributed by atoms with E-state index in [1.807, 2.05) is 0 Å². The van der Waals surface area contributed by atoms with Crippen molar-refractivity contribution < 1.29 is 5.11 Å². The minimum atomic E-state index is -0.812. The van der Waals surface area contributed by atoms with E-state index in [1.54, 1.807) is 12.1 Å². The molecule has 0 rings (SSSR count). The van der Waals surface area contributed by atoms with E-state index in [1.165, 1.54) is 0 Å². The molecule has 0 heterocycles. The quantitative estimate of drug-likeness (QED) is 0.433. The van der Waals surface area contributed by atoms with Gasteiger partial charge in [-0.15, -0.1) is 6.58 Å². The molecule has 0 amide bonds. The van der Waals surface area contributed by atoms with Crippen molar-refractivity contribution >= 4 is 0 Å². The van der Waals surface area contributed by atoms with Gasteiger partial charge in [0, 0.05) is 0 Å². The highest BCUT2D eigenvalue weighted by atomic mass is 16.3. The van der Waals surface area contributed by atoms with Gasteiger partial charge in [0.25, 0.3) is 0 Å². The topological polar surface area (TPSA) is 44.0 Å². The van der Waals surface area contributed by atoms with Gasteiger partial charge in [-0.3, -0.25) is 0 Å². The molecule has 0 aliphatic rings. The standard InChI is InChI=1S/C6H9NO/c1-2-3-4-6(8)5-7/h2,6,8H,1,3-4H2/t6-/m0/s1. The summed E-state index contributed by atoms with van der Waals surface area (Å²) in [4.78, 5) is 0. The van der Waals surface area contributed by atoms with Crippen LogP contribution in [0.5, 0.6) is 0 Å². The Hall–Kier alpha value is -0.810. The van der Waals surface area contributed by atoms with E-state index in [0.29, 0.717) is 12.8 Å². The summed E-state index contributed by atoms with van der Waals surface area (Å²) in [6.45, 7) is 3.45. The first kappa shape index (κ1) is 7.19. The molecule has 8 heavy (non-hydrogen) atoms. The average Bonchev–Trinajstić information content (AvgIpc) is 1.83. The van der Waals surface area contributed by atoms with Crippen LogP contribution in [0.25, 0.3) is 0 Å². The maximum atomic E-state index is 8.58. The highest BCUT2D eigenvalue weighted by Gasteiger charge is 1.95. The van der Waals surface area contributed by atoms with E-state index in [4.69, 9.17) is 10.4 Å². The van der Waals surface area contributed by atoms with E-state index in [2.05, 4.69) is 6.58 Å². The Balaban J connectivity index is 3.14. The van der Waals surface area contributed by atoms with E-state index in [-0.39, 0.29) is 0 Å². The molecule has 0 bridgehead atoms. The smallest absolute Gasteiger partial charge is 0.140 e. The van der Waals surface area contributed by atoms with E-state index in [0.717, 1.165) is 0 Å². The molecule has 0 aromatic heterocycles. The zero-order valence-corrected chi connectivity index (χ0v) is 4.67. The Bertz CT molecular complexity index is 104. The lowest BCUT2D eigenvalue weighted by molar-refractivity contribution is 0.221. The van der Waals surface area contributed by atoms with Crippen LogP contribution in [-0.2, 0) is 0 Å². The highest BCUT2D eigenvalue weighted by molar-refractivity contribution is 4.83. The van der Waals surface area contributed by atoms with E-state index < -0.39 is 6.10 Å². The summed E-state index contributed by atoms with van der Waals surface area (Å²) < 4.78 is 0. The van der Waals surface area contributed by atoms with Crippen LogP contribution in [0.1, 0.15) is 12.8 Å². The molecule has 0 saturated heterocycles. The molecule has 0 fully saturated rings. The van der Waals surface area contributed by atoms with E-state index in [9.17, 15) is 0 Å². The van der Waals surface area contributed by atoms with Crippen LogP contribution < -0.4 is 0 Å². The first-order valence-electron chi connectivity index (χ1n) is 2.50. The predicted octanol–water partition coefficient (Wildman–Crippen LogP) is 0.837. The van der Waals surface area contributed by atoms with Crippen molar-refractivity contribution in [1.82, 2.24) is 0 Å². The summed E-state index contributed by atoms with van der Waals surface area (Å²) in [5.41, 5.74) is 0. The van der Waals surface area contributed by atoms with Crippen molar-refractivity contribution in [1.29, 1.82) is 5.26 Å². The largest absolute Gasteiger partial charge is 0.378 e. The third kappa shape index (κ3) is 3.38. The fourth-order valence-corrected chi connectivity index (χ4v) is 0.340. The van der Waals surface area contributed by atoms with Gasteiger partial charge in [-0.25, -0.2) is 0 Å². The van der Waals surface area contributed by atoms with Crippen molar-refractivity contribution in [2.45, 2.75) is 18.9 Å². The normalized spacial score (nSPS) is 12.0. The van der Waals surface area contributed by atoms with Crippen molar-refractivity contribution in [3.05, 3.63) is 12.7 Å². The molecule has 2 nitrogen and oxygen atoms in total. The molecule has 2 heteroatoms. The molecule has 0 aromatic rings. The third-order valence-electron chi connectivity index (χ3n) is 0.793. The number of aliphatic hydroxyl groups excluding tert-OH is 1. The minimum Gasteiger partial charge on any atom is -0.378 e. The van der Waals surface area contributed by atoms with Crippen LogP contribution in [0.2, 0.25) is 0 Å². The van der Waals surface area contributed by atoms with Gasteiger partial charge in [-0.1, -0.05) is 6.08 Å². The Morgan fingerprint density at radius 2 is 2.50 bits per heavy atom. The van der Waals surface area contributed by atoms with Gasteiger partial charge in [0.2, 0.25) is 0 Å². The van der Waals surface area contributed by atoms with Gasteiger partial charge in [0.1, 0.15) is 6.10 Å². The molecule has 0 aliphatic heterocycles. The fourth-order valence-electron chi connectivity index (χ4n) is 0.340. The fraction of sp³-hybridized carbons (Fsp3) is 0.500. The van der Waals surface area contributed by atoms with Crippen LogP contribution in [-0.4, -0.2) is 11.2 Å². The Labute approximate surface area is 49.1 Å². The number of aliphatic hydroxyl groups is 1. The number of nitrogens with zero attached hydrogens (tertiary/aromatic N) is 1. The molecule has 0 spiro atoms. The second-order valence-corrected chi connectivity index (χ2v) is 1.51. The SMILES string of the molecule is C=CCC[C@H](O)C#N. The molecular formula is C6H9NO. The zero-order valence-electron chi connectivity index (χ0n) is 4.67. The summed E-state index contributed by atoms with van der Waals surface area (Å²) >= 11 is 0. The van der Waals surface area contributed by atoms with Crippen LogP contribution in [0.3, 0.4) is 0 Å². The first-order chi connectivity index (χ1) is 3.81. The molecule has 0 aromatic carbocycles. The molecular weight excluding hydrogens is 102 g/mol. The van der Waals surface area contributed by atoms with Crippen molar-refractivity contribution in [3.63, 3.8) is 0 Å². The summed E-state index contributed by atoms with van der Waals surface area (Å²) in [5.74, 6) is 0. The highest BCUT2D eigenvalue weighted by Crippen LogP contribution is 1.94. The molecule has 0 unspecified atom stereocenters. The molecule has 0 radical (unpaired) electrons. The number of allylic oxidation sites excluding steroid dienone is 1. The van der Waals surface area contributed by atoms with Crippen LogP contribution in [0.4, 0.5) is 0 Å². The lowest BCUT2D eigenvalue weighted by Crippen LogP contribution is -1.99. The summed E-state index contributed by atoms with van der Waals surface area (Å²) in [7, 11) is 0. The number of rotatable bonds is 3.